The summed E-state index contributed by atoms with van der Waals surface area (Å²) in [5, 5.41) is 0. The maximum atomic E-state index is 12.0. The van der Waals surface area contributed by atoms with Crippen molar-refractivity contribution in [2.75, 3.05) is 0 Å². The van der Waals surface area contributed by atoms with Gasteiger partial charge in [0.25, 0.3) is 0 Å². The Kier molecular flexibility index (Phi) is 2.45. The first kappa shape index (κ1) is 6.99. The Hall–Kier alpha value is -0.120. The molecule has 0 N–H and O–H groups in total. The van der Waals surface area contributed by atoms with Gasteiger partial charge in [-0.05, 0) is 19.1 Å². The molecule has 0 radical (unpaired) electrons. The molecule has 0 amide bonds. The molecule has 0 saturated heterocycles. The lowest BCUT2D eigenvalue weighted by Gasteiger charge is -1.83. The van der Waals surface area contributed by atoms with Crippen LogP contribution in [0.5, 0.6) is 0 Å². The van der Waals surface area contributed by atoms with Crippen LogP contribution in [0.4, 0.5) is 2.86 Å². The molecular weight excluding hydrogens is 230 g/mol. The van der Waals surface area contributed by atoms with E-state index in [9.17, 15) is 2.86 Å². The number of rotatable bonds is 1. The SMILES string of the molecule is Cc1ccc([I+]F)cc1. The summed E-state index contributed by atoms with van der Waals surface area (Å²) in [7, 11) is 0. The number of aryl methyl sites for hydroxylation is 1. The molecule has 0 spiro atoms. The van der Waals surface area contributed by atoms with Crippen LogP contribution in [0.15, 0.2) is 24.3 Å². The summed E-state index contributed by atoms with van der Waals surface area (Å²) >= 11 is -1.20. The van der Waals surface area contributed by atoms with Crippen LogP contribution in [0.3, 0.4) is 0 Å². The van der Waals surface area contributed by atoms with Gasteiger partial charge < -0.3 is 0 Å². The highest BCUT2D eigenvalue weighted by molar-refractivity contribution is 5.11. The molecule has 0 unspecified atom stereocenters. The van der Waals surface area contributed by atoms with Gasteiger partial charge >= 0.3 is 21.8 Å². The van der Waals surface area contributed by atoms with Gasteiger partial charge in [-0.2, -0.15) is 0 Å². The van der Waals surface area contributed by atoms with Crippen molar-refractivity contribution in [3.63, 3.8) is 0 Å². The third kappa shape index (κ3) is 1.93. The number of hydrogen-bond donors (Lipinski definition) is 0. The second-order valence-electron chi connectivity index (χ2n) is 1.87. The van der Waals surface area contributed by atoms with Gasteiger partial charge in [0.1, 0.15) is 0 Å². The summed E-state index contributed by atoms with van der Waals surface area (Å²) < 4.78 is 12.8. The highest BCUT2D eigenvalue weighted by Gasteiger charge is 2.08. The van der Waals surface area contributed by atoms with Crippen molar-refractivity contribution in [3.05, 3.63) is 33.4 Å². The molecule has 1 aromatic rings. The zero-order valence-corrected chi connectivity index (χ0v) is 7.22. The third-order valence-electron chi connectivity index (χ3n) is 1.09. The molecule has 0 heterocycles. The van der Waals surface area contributed by atoms with Gasteiger partial charge in [-0.1, -0.05) is 17.7 Å². The van der Waals surface area contributed by atoms with Crippen molar-refractivity contribution < 1.29 is 24.6 Å². The first-order valence-corrected chi connectivity index (χ1v) is 4.55. The molecule has 0 aliphatic rings. The normalized spacial score (nSPS) is 9.56. The molecular formula is C7H7FI+. The minimum Gasteiger partial charge on any atom is -0.0547 e. The molecule has 0 nitrogen and oxygen atoms in total. The molecule has 9 heavy (non-hydrogen) atoms. The molecule has 48 valence electrons. The average molecular weight is 237 g/mol. The van der Waals surface area contributed by atoms with Gasteiger partial charge in [-0.25, -0.2) is 0 Å². The first-order chi connectivity index (χ1) is 4.33. The van der Waals surface area contributed by atoms with E-state index in [0.29, 0.717) is 0 Å². The molecule has 0 aromatic heterocycles. The quantitative estimate of drug-likeness (QED) is 0.557. The van der Waals surface area contributed by atoms with Gasteiger partial charge in [0.2, 0.25) is 3.57 Å². The van der Waals surface area contributed by atoms with Crippen LogP contribution in [0.25, 0.3) is 0 Å². The fourth-order valence-corrected chi connectivity index (χ4v) is 1.21. The topological polar surface area (TPSA) is 0 Å². The van der Waals surface area contributed by atoms with Gasteiger partial charge in [-0.15, -0.1) is 0 Å². The van der Waals surface area contributed by atoms with Crippen LogP contribution in [0, 0.1) is 10.5 Å². The van der Waals surface area contributed by atoms with Gasteiger partial charge in [0.15, 0.2) is 0 Å². The van der Waals surface area contributed by atoms with Crippen LogP contribution >= 0.6 is 0 Å². The summed E-state index contributed by atoms with van der Waals surface area (Å²) in [4.78, 5) is 0. The predicted molar refractivity (Wildman–Crippen MR) is 31.0 cm³/mol. The maximum absolute atomic E-state index is 12.0. The molecule has 1 rings (SSSR count). The Morgan fingerprint density at radius 3 is 2.22 bits per heavy atom. The molecule has 0 aliphatic carbocycles. The van der Waals surface area contributed by atoms with E-state index in [1.54, 1.807) is 0 Å². The lowest BCUT2D eigenvalue weighted by atomic mass is 10.2. The summed E-state index contributed by atoms with van der Waals surface area (Å²) in [5.74, 6) is 0. The fraction of sp³-hybridized carbons (Fsp3) is 0.143. The monoisotopic (exact) mass is 237 g/mol. The summed E-state index contributed by atoms with van der Waals surface area (Å²) in [6.07, 6.45) is 0. The van der Waals surface area contributed by atoms with E-state index < -0.39 is 21.8 Å². The molecule has 0 fully saturated rings. The second kappa shape index (κ2) is 3.15. The third-order valence-corrected chi connectivity index (χ3v) is 2.28. The van der Waals surface area contributed by atoms with Crippen LogP contribution < -0.4 is 21.8 Å². The van der Waals surface area contributed by atoms with Crippen molar-refractivity contribution in [1.82, 2.24) is 0 Å². The molecule has 0 saturated carbocycles. The largest absolute Gasteiger partial charge is 0.575 e. The summed E-state index contributed by atoms with van der Waals surface area (Å²) in [6.45, 7) is 2.00. The molecule has 0 aliphatic heterocycles. The van der Waals surface area contributed by atoms with Crippen LogP contribution in [-0.2, 0) is 0 Å². The lowest BCUT2D eigenvalue weighted by molar-refractivity contribution is -0.803. The fourth-order valence-electron chi connectivity index (χ4n) is 0.581. The van der Waals surface area contributed by atoms with E-state index in [1.165, 1.54) is 5.56 Å². The Morgan fingerprint density at radius 2 is 1.78 bits per heavy atom. The van der Waals surface area contributed by atoms with E-state index in [2.05, 4.69) is 0 Å². The van der Waals surface area contributed by atoms with Crippen molar-refractivity contribution in [3.8, 4) is 0 Å². The smallest absolute Gasteiger partial charge is 0.0547 e. The minimum absolute atomic E-state index is 0.861. The van der Waals surface area contributed by atoms with Crippen LogP contribution in [-0.4, -0.2) is 0 Å². The predicted octanol–water partition coefficient (Wildman–Crippen LogP) is -0.862. The maximum Gasteiger partial charge on any atom is 0.575 e. The summed E-state index contributed by atoms with van der Waals surface area (Å²) in [5.41, 5.74) is 1.19. The van der Waals surface area contributed by atoms with Crippen LogP contribution in [0.1, 0.15) is 5.56 Å². The molecule has 1 aromatic carbocycles. The Labute approximate surface area is 65.1 Å². The van der Waals surface area contributed by atoms with Gasteiger partial charge in [0, 0.05) is 0 Å². The Balaban J connectivity index is 2.88. The van der Waals surface area contributed by atoms with Crippen molar-refractivity contribution >= 4 is 0 Å². The Morgan fingerprint density at radius 1 is 1.22 bits per heavy atom. The molecule has 0 atom stereocenters. The summed E-state index contributed by atoms with van der Waals surface area (Å²) in [6, 6.07) is 7.58. The van der Waals surface area contributed by atoms with Gasteiger partial charge in [-0.3, -0.25) is 0 Å². The average Bonchev–Trinajstić information content (AvgIpc) is 1.90. The van der Waals surface area contributed by atoms with Crippen molar-refractivity contribution in [1.29, 1.82) is 0 Å². The first-order valence-electron chi connectivity index (χ1n) is 2.65. The molecule has 2 heteroatoms. The Bertz CT molecular complexity index is 181. The number of benzene rings is 1. The molecule has 0 bridgehead atoms. The number of hydrogen-bond acceptors (Lipinski definition) is 0. The highest BCUT2D eigenvalue weighted by Crippen LogP contribution is 1.92. The zero-order valence-electron chi connectivity index (χ0n) is 5.07. The highest BCUT2D eigenvalue weighted by atomic mass is 127. The standard InChI is InChI=1S/C7H7FI/c1-6-2-4-7(9-8)5-3-6/h2-5H,1H3/q+1. The lowest BCUT2D eigenvalue weighted by Crippen LogP contribution is -3.56. The second-order valence-corrected chi connectivity index (χ2v) is 3.52. The van der Waals surface area contributed by atoms with Crippen molar-refractivity contribution in [2.24, 2.45) is 0 Å². The van der Waals surface area contributed by atoms with Crippen molar-refractivity contribution in [2.45, 2.75) is 6.92 Å². The van der Waals surface area contributed by atoms with E-state index in [-0.39, 0.29) is 0 Å². The van der Waals surface area contributed by atoms with Gasteiger partial charge in [0.05, 0.1) is 2.86 Å². The zero-order chi connectivity index (χ0) is 6.69. The van der Waals surface area contributed by atoms with E-state index >= 15 is 0 Å². The van der Waals surface area contributed by atoms with E-state index in [0.717, 1.165) is 3.57 Å². The van der Waals surface area contributed by atoms with E-state index in [1.807, 2.05) is 31.2 Å². The van der Waals surface area contributed by atoms with Crippen LogP contribution in [0.2, 0.25) is 0 Å². The van der Waals surface area contributed by atoms with E-state index in [4.69, 9.17) is 0 Å². The number of halogens is 2. The minimum atomic E-state index is -1.20.